The van der Waals surface area contributed by atoms with Crippen LogP contribution in [0.25, 0.3) is 0 Å². The van der Waals surface area contributed by atoms with E-state index in [0.29, 0.717) is 5.56 Å². The molecular weight excluding hydrogens is 441 g/mol. The van der Waals surface area contributed by atoms with Gasteiger partial charge in [0.25, 0.3) is 10.0 Å². The third-order valence-corrected chi connectivity index (χ3v) is 5.01. The van der Waals surface area contributed by atoms with Gasteiger partial charge in [-0.15, -0.1) is 0 Å². The van der Waals surface area contributed by atoms with Crippen LogP contribution in [0.15, 0.2) is 41.3 Å². The van der Waals surface area contributed by atoms with Gasteiger partial charge in [-0.2, -0.15) is 39.5 Å². The van der Waals surface area contributed by atoms with Crippen LogP contribution in [0.2, 0.25) is 0 Å². The predicted octanol–water partition coefficient (Wildman–Crippen LogP) is 5.85. The first-order chi connectivity index (χ1) is 12.9. The van der Waals surface area contributed by atoms with E-state index < -0.39 is 68.0 Å². The summed E-state index contributed by atoms with van der Waals surface area (Å²) < 4.78 is 144. The highest BCUT2D eigenvalue weighted by Crippen LogP contribution is 2.46. The molecule has 0 spiro atoms. The maximum Gasteiger partial charge on any atom is 0.418 e. The smallest absolute Gasteiger partial charge is 0.278 e. The summed E-state index contributed by atoms with van der Waals surface area (Å²) in [5.41, 5.74) is -8.56. The number of sulfonamides is 1. The number of anilines is 1. The molecule has 0 unspecified atom stereocenters. The average molecular weight is 451 g/mol. The Kier molecular flexibility index (Phi) is 5.60. The van der Waals surface area contributed by atoms with Gasteiger partial charge in [0, 0.05) is 0 Å². The molecule has 0 amide bonds. The normalized spacial score (nSPS) is 13.4. The van der Waals surface area contributed by atoms with E-state index in [1.54, 1.807) is 6.92 Å². The summed E-state index contributed by atoms with van der Waals surface area (Å²) in [6.07, 6.45) is -17.0. The summed E-state index contributed by atoms with van der Waals surface area (Å²) >= 11 is 0. The van der Waals surface area contributed by atoms with Crippen LogP contribution in [-0.2, 0) is 28.6 Å². The summed E-state index contributed by atoms with van der Waals surface area (Å²) in [4.78, 5) is -0.677. The lowest BCUT2D eigenvalue weighted by molar-refractivity contribution is -0.147. The molecular formula is C16H10F9NO2S. The molecule has 13 heteroatoms. The van der Waals surface area contributed by atoms with Gasteiger partial charge >= 0.3 is 18.5 Å². The highest BCUT2D eigenvalue weighted by Gasteiger charge is 2.45. The maximum atomic E-state index is 13.2. The number of hydrogen-bond donors (Lipinski definition) is 1. The van der Waals surface area contributed by atoms with E-state index in [9.17, 15) is 47.9 Å². The van der Waals surface area contributed by atoms with Crippen molar-refractivity contribution >= 4 is 15.7 Å². The fourth-order valence-corrected chi connectivity index (χ4v) is 3.37. The first-order valence-corrected chi connectivity index (χ1v) is 8.90. The molecule has 29 heavy (non-hydrogen) atoms. The minimum Gasteiger partial charge on any atom is -0.278 e. The average Bonchev–Trinajstić information content (AvgIpc) is 2.51. The van der Waals surface area contributed by atoms with Gasteiger partial charge in [-0.1, -0.05) is 17.7 Å². The minimum absolute atomic E-state index is 0.547. The molecule has 0 bridgehead atoms. The van der Waals surface area contributed by atoms with E-state index in [0.717, 1.165) is 16.9 Å². The van der Waals surface area contributed by atoms with E-state index in [-0.39, 0.29) is 0 Å². The summed E-state index contributed by atoms with van der Waals surface area (Å²) in [6, 6.07) is 3.14. The van der Waals surface area contributed by atoms with Crippen molar-refractivity contribution in [3.05, 3.63) is 58.7 Å². The van der Waals surface area contributed by atoms with Gasteiger partial charge in [-0.25, -0.2) is 8.42 Å². The zero-order valence-corrected chi connectivity index (χ0v) is 14.9. The third kappa shape index (κ3) is 5.14. The Bertz CT molecular complexity index is 970. The monoisotopic (exact) mass is 451 g/mol. The van der Waals surface area contributed by atoms with Gasteiger partial charge in [0.1, 0.15) is 0 Å². The molecule has 3 nitrogen and oxygen atoms in total. The Labute approximate surface area is 158 Å². The lowest BCUT2D eigenvalue weighted by Gasteiger charge is -2.22. The molecule has 0 aliphatic heterocycles. The van der Waals surface area contributed by atoms with Crippen molar-refractivity contribution in [2.45, 2.75) is 30.3 Å². The van der Waals surface area contributed by atoms with Gasteiger partial charge in [0.2, 0.25) is 0 Å². The number of aryl methyl sites for hydroxylation is 1. The fraction of sp³-hybridized carbons (Fsp3) is 0.250. The number of benzene rings is 2. The van der Waals surface area contributed by atoms with E-state index in [2.05, 4.69) is 0 Å². The zero-order chi connectivity index (χ0) is 22.4. The number of nitrogens with one attached hydrogen (secondary N) is 1. The van der Waals surface area contributed by atoms with Crippen LogP contribution in [-0.4, -0.2) is 8.42 Å². The van der Waals surface area contributed by atoms with Crippen LogP contribution < -0.4 is 4.72 Å². The van der Waals surface area contributed by atoms with E-state index in [4.69, 9.17) is 0 Å². The van der Waals surface area contributed by atoms with Crippen LogP contribution >= 0.6 is 0 Å². The third-order valence-electron chi connectivity index (χ3n) is 3.64. The number of alkyl halides is 9. The second kappa shape index (κ2) is 7.11. The Morgan fingerprint density at radius 1 is 0.724 bits per heavy atom. The zero-order valence-electron chi connectivity index (χ0n) is 14.1. The molecule has 0 radical (unpaired) electrons. The summed E-state index contributed by atoms with van der Waals surface area (Å²) in [6.45, 7) is 1.54. The summed E-state index contributed by atoms with van der Waals surface area (Å²) in [5, 5.41) is 0. The van der Waals surface area contributed by atoms with Gasteiger partial charge in [-0.05, 0) is 31.2 Å². The van der Waals surface area contributed by atoms with Crippen LogP contribution in [0.5, 0.6) is 0 Å². The van der Waals surface area contributed by atoms with Gasteiger partial charge in [0.15, 0.2) is 0 Å². The van der Waals surface area contributed by atoms with Crippen molar-refractivity contribution in [2.75, 3.05) is 4.72 Å². The van der Waals surface area contributed by atoms with E-state index in [1.165, 1.54) is 12.1 Å². The van der Waals surface area contributed by atoms with Gasteiger partial charge in [-0.3, -0.25) is 4.72 Å². The van der Waals surface area contributed by atoms with Crippen molar-refractivity contribution in [1.82, 2.24) is 0 Å². The lowest BCUT2D eigenvalue weighted by Crippen LogP contribution is -2.23. The molecule has 2 aromatic carbocycles. The van der Waals surface area contributed by atoms with Crippen molar-refractivity contribution in [2.24, 2.45) is 0 Å². The number of halogens is 9. The van der Waals surface area contributed by atoms with Gasteiger partial charge < -0.3 is 0 Å². The van der Waals surface area contributed by atoms with Crippen LogP contribution in [0.4, 0.5) is 45.2 Å². The molecule has 2 rings (SSSR count). The second-order valence-corrected chi connectivity index (χ2v) is 7.54. The van der Waals surface area contributed by atoms with Crippen molar-refractivity contribution < 1.29 is 47.9 Å². The summed E-state index contributed by atoms with van der Waals surface area (Å²) in [5.74, 6) is 0. The van der Waals surface area contributed by atoms with Crippen LogP contribution in [0, 0.1) is 6.92 Å². The quantitative estimate of drug-likeness (QED) is 0.595. The molecule has 0 fully saturated rings. The Balaban J connectivity index is 2.79. The first kappa shape index (κ1) is 22.8. The minimum atomic E-state index is -5.72. The molecule has 0 aliphatic rings. The SMILES string of the molecule is Cc1ccc(S(=O)(=O)Nc2c(C(F)(F)F)cc(C(F)(F)F)cc2C(F)(F)F)cc1. The Hall–Kier alpha value is -2.44. The van der Waals surface area contributed by atoms with E-state index in [1.807, 2.05) is 0 Å². The first-order valence-electron chi connectivity index (χ1n) is 7.42. The standard InChI is InChI=1S/C16H10F9NO2S/c1-8-2-4-10(5-3-8)29(27,28)26-13-11(15(20,21)22)6-9(14(17,18)19)7-12(13)16(23,24)25/h2-7,26H,1H3. The summed E-state index contributed by atoms with van der Waals surface area (Å²) in [7, 11) is -4.98. The highest BCUT2D eigenvalue weighted by molar-refractivity contribution is 7.92. The molecule has 0 saturated heterocycles. The van der Waals surface area contributed by atoms with Crippen molar-refractivity contribution in [3.63, 3.8) is 0 Å². The molecule has 0 aromatic heterocycles. The second-order valence-electron chi connectivity index (χ2n) is 5.86. The topological polar surface area (TPSA) is 46.2 Å². The lowest BCUT2D eigenvalue weighted by atomic mass is 10.0. The predicted molar refractivity (Wildman–Crippen MR) is 83.4 cm³/mol. The number of rotatable bonds is 3. The van der Waals surface area contributed by atoms with Crippen LogP contribution in [0.1, 0.15) is 22.3 Å². The number of hydrogen-bond acceptors (Lipinski definition) is 2. The Morgan fingerprint density at radius 3 is 1.48 bits per heavy atom. The maximum absolute atomic E-state index is 13.2. The largest absolute Gasteiger partial charge is 0.418 e. The molecule has 160 valence electrons. The van der Waals surface area contributed by atoms with E-state index >= 15 is 0 Å². The van der Waals surface area contributed by atoms with Crippen molar-refractivity contribution in [1.29, 1.82) is 0 Å². The molecule has 0 saturated carbocycles. The molecule has 2 aromatic rings. The fourth-order valence-electron chi connectivity index (χ4n) is 2.27. The Morgan fingerprint density at radius 2 is 1.14 bits per heavy atom. The molecule has 0 aliphatic carbocycles. The van der Waals surface area contributed by atoms with Crippen LogP contribution in [0.3, 0.4) is 0 Å². The molecule has 1 N–H and O–H groups in total. The molecule has 0 atom stereocenters. The van der Waals surface area contributed by atoms with Crippen molar-refractivity contribution in [3.8, 4) is 0 Å². The van der Waals surface area contributed by atoms with Gasteiger partial charge in [0.05, 0.1) is 27.3 Å². The molecule has 0 heterocycles. The highest BCUT2D eigenvalue weighted by atomic mass is 32.2.